The van der Waals surface area contributed by atoms with E-state index in [0.29, 0.717) is 5.56 Å². The molecule has 0 aromatic heterocycles. The summed E-state index contributed by atoms with van der Waals surface area (Å²) in [7, 11) is 0. The van der Waals surface area contributed by atoms with Gasteiger partial charge in [-0.05, 0) is 46.4 Å². The van der Waals surface area contributed by atoms with E-state index in [1.54, 1.807) is 12.1 Å². The van der Waals surface area contributed by atoms with Crippen molar-refractivity contribution >= 4 is 5.97 Å². The number of hydrogen-bond donors (Lipinski definition) is 1. The predicted molar refractivity (Wildman–Crippen MR) is 98.2 cm³/mol. The van der Waals surface area contributed by atoms with Crippen LogP contribution in [0.15, 0.2) is 85.5 Å². The molecular formula is C22H18O2. The second-order valence-electron chi connectivity index (χ2n) is 5.65. The third-order valence-corrected chi connectivity index (χ3v) is 4.02. The zero-order valence-electron chi connectivity index (χ0n) is 13.3. The molecule has 0 spiro atoms. The Morgan fingerprint density at radius 2 is 1.12 bits per heavy atom. The first-order valence-corrected chi connectivity index (χ1v) is 7.81. The molecule has 0 aliphatic carbocycles. The highest BCUT2D eigenvalue weighted by molar-refractivity contribution is 5.88. The van der Waals surface area contributed by atoms with Crippen molar-refractivity contribution in [2.75, 3.05) is 0 Å². The molecule has 118 valence electrons. The number of aromatic carboxylic acids is 1. The minimum absolute atomic E-state index is 0.301. The average Bonchev–Trinajstić information content (AvgIpc) is 2.63. The van der Waals surface area contributed by atoms with E-state index < -0.39 is 5.97 Å². The van der Waals surface area contributed by atoms with Crippen LogP contribution in [0.1, 0.15) is 15.9 Å². The third kappa shape index (κ3) is 3.44. The number of carbonyl (C=O) groups is 1. The van der Waals surface area contributed by atoms with Crippen molar-refractivity contribution in [2.45, 2.75) is 6.42 Å². The number of rotatable bonds is 5. The van der Waals surface area contributed by atoms with E-state index in [2.05, 4.69) is 55.1 Å². The molecule has 0 saturated carbocycles. The highest BCUT2D eigenvalue weighted by Crippen LogP contribution is 2.25. The molecule has 0 unspecified atom stereocenters. The lowest BCUT2D eigenvalue weighted by Crippen LogP contribution is -1.94. The molecule has 3 aromatic carbocycles. The molecule has 0 bridgehead atoms. The van der Waals surface area contributed by atoms with Crippen LogP contribution >= 0.6 is 0 Å². The lowest BCUT2D eigenvalue weighted by atomic mass is 9.98. The summed E-state index contributed by atoms with van der Waals surface area (Å²) in [6, 6.07) is 23.7. The normalized spacial score (nSPS) is 10.3. The molecule has 2 nitrogen and oxygen atoms in total. The number of hydrogen-bond acceptors (Lipinski definition) is 1. The first-order valence-electron chi connectivity index (χ1n) is 7.81. The predicted octanol–water partition coefficient (Wildman–Crippen LogP) is 5.45. The molecule has 0 aliphatic rings. The van der Waals surface area contributed by atoms with Gasteiger partial charge in [0, 0.05) is 0 Å². The maximum absolute atomic E-state index is 10.9. The maximum Gasteiger partial charge on any atom is 0.335 e. The first kappa shape index (κ1) is 15.8. The first-order chi connectivity index (χ1) is 11.7. The van der Waals surface area contributed by atoms with Gasteiger partial charge in [-0.2, -0.15) is 0 Å². The smallest absolute Gasteiger partial charge is 0.335 e. The minimum Gasteiger partial charge on any atom is -0.478 e. The van der Waals surface area contributed by atoms with Crippen LogP contribution in [-0.4, -0.2) is 11.1 Å². The lowest BCUT2D eigenvalue weighted by molar-refractivity contribution is 0.0697. The molecule has 0 atom stereocenters. The number of carboxylic acid groups (broad SMARTS) is 1. The molecule has 0 heterocycles. The van der Waals surface area contributed by atoms with E-state index in [1.165, 1.54) is 11.1 Å². The fourth-order valence-corrected chi connectivity index (χ4v) is 2.66. The Morgan fingerprint density at radius 3 is 1.50 bits per heavy atom. The summed E-state index contributed by atoms with van der Waals surface area (Å²) >= 11 is 0. The topological polar surface area (TPSA) is 37.3 Å². The van der Waals surface area contributed by atoms with Gasteiger partial charge >= 0.3 is 5.97 Å². The van der Waals surface area contributed by atoms with Crippen molar-refractivity contribution in [3.05, 3.63) is 96.6 Å². The summed E-state index contributed by atoms with van der Waals surface area (Å²) in [5.74, 6) is -0.906. The summed E-state index contributed by atoms with van der Waals surface area (Å²) < 4.78 is 0. The van der Waals surface area contributed by atoms with Gasteiger partial charge in [0.25, 0.3) is 0 Å². The van der Waals surface area contributed by atoms with Crippen molar-refractivity contribution < 1.29 is 9.90 Å². The minimum atomic E-state index is -0.906. The van der Waals surface area contributed by atoms with E-state index in [9.17, 15) is 4.79 Å². The van der Waals surface area contributed by atoms with Crippen molar-refractivity contribution in [3.8, 4) is 22.3 Å². The number of benzene rings is 3. The van der Waals surface area contributed by atoms with Gasteiger partial charge in [-0.1, -0.05) is 66.7 Å². The van der Waals surface area contributed by atoms with Crippen LogP contribution in [0.2, 0.25) is 0 Å². The molecule has 3 aromatic rings. The van der Waals surface area contributed by atoms with Gasteiger partial charge in [-0.25, -0.2) is 4.79 Å². The van der Waals surface area contributed by atoms with Crippen LogP contribution < -0.4 is 0 Å². The average molecular weight is 314 g/mol. The zero-order valence-corrected chi connectivity index (χ0v) is 13.3. The SMILES string of the molecule is C=CCc1ccc(-c2ccc(-c3ccc(C(=O)O)cc3)cc2)cc1. The molecule has 2 heteroatoms. The van der Waals surface area contributed by atoms with Crippen LogP contribution in [-0.2, 0) is 6.42 Å². The van der Waals surface area contributed by atoms with Gasteiger partial charge in [-0.15, -0.1) is 6.58 Å². The van der Waals surface area contributed by atoms with Crippen molar-refractivity contribution in [3.63, 3.8) is 0 Å². The Labute approximate surface area is 141 Å². The molecule has 0 radical (unpaired) electrons. The van der Waals surface area contributed by atoms with Crippen molar-refractivity contribution in [1.82, 2.24) is 0 Å². The summed E-state index contributed by atoms with van der Waals surface area (Å²) in [5.41, 5.74) is 5.97. The molecule has 24 heavy (non-hydrogen) atoms. The molecule has 0 saturated heterocycles. The van der Waals surface area contributed by atoms with Crippen LogP contribution in [0.4, 0.5) is 0 Å². The Bertz CT molecular complexity index is 842. The maximum atomic E-state index is 10.9. The van der Waals surface area contributed by atoms with Crippen molar-refractivity contribution in [1.29, 1.82) is 0 Å². The monoisotopic (exact) mass is 314 g/mol. The van der Waals surface area contributed by atoms with Gasteiger partial charge in [0.05, 0.1) is 5.56 Å². The largest absolute Gasteiger partial charge is 0.478 e. The summed E-state index contributed by atoms with van der Waals surface area (Å²) in [6.07, 6.45) is 2.78. The quantitative estimate of drug-likeness (QED) is 0.636. The van der Waals surface area contributed by atoms with Crippen LogP contribution in [0.5, 0.6) is 0 Å². The van der Waals surface area contributed by atoms with Crippen molar-refractivity contribution in [2.24, 2.45) is 0 Å². The number of carboxylic acids is 1. The summed E-state index contributed by atoms with van der Waals surface area (Å²) in [6.45, 7) is 3.76. The fraction of sp³-hybridized carbons (Fsp3) is 0.0455. The molecule has 0 fully saturated rings. The zero-order chi connectivity index (χ0) is 16.9. The molecule has 0 amide bonds. The summed E-state index contributed by atoms with van der Waals surface area (Å²) in [5, 5.41) is 8.96. The molecule has 3 rings (SSSR count). The number of allylic oxidation sites excluding steroid dienone is 1. The lowest BCUT2D eigenvalue weighted by Gasteiger charge is -2.06. The Hall–Kier alpha value is -3.13. The second kappa shape index (κ2) is 6.97. The second-order valence-corrected chi connectivity index (χ2v) is 5.65. The Morgan fingerprint density at radius 1 is 0.750 bits per heavy atom. The van der Waals surface area contributed by atoms with Gasteiger partial charge in [0.15, 0.2) is 0 Å². The van der Waals surface area contributed by atoms with E-state index in [-0.39, 0.29) is 0 Å². The molecule has 0 aliphatic heterocycles. The Kier molecular flexibility index (Phi) is 4.57. The molecular weight excluding hydrogens is 296 g/mol. The highest BCUT2D eigenvalue weighted by atomic mass is 16.4. The van der Waals surface area contributed by atoms with E-state index in [4.69, 9.17) is 5.11 Å². The summed E-state index contributed by atoms with van der Waals surface area (Å²) in [4.78, 5) is 10.9. The van der Waals surface area contributed by atoms with Gasteiger partial charge in [0.2, 0.25) is 0 Å². The van der Waals surface area contributed by atoms with Crippen LogP contribution in [0.25, 0.3) is 22.3 Å². The van der Waals surface area contributed by atoms with E-state index in [1.807, 2.05) is 18.2 Å². The highest BCUT2D eigenvalue weighted by Gasteiger charge is 2.04. The van der Waals surface area contributed by atoms with E-state index >= 15 is 0 Å². The molecule has 1 N–H and O–H groups in total. The van der Waals surface area contributed by atoms with Gasteiger partial charge < -0.3 is 5.11 Å². The van der Waals surface area contributed by atoms with Crippen LogP contribution in [0, 0.1) is 0 Å². The standard InChI is InChI=1S/C22H18O2/c1-2-3-16-4-6-17(7-5-16)18-8-10-19(11-9-18)20-12-14-21(15-13-20)22(23)24/h2,4-15H,1,3H2,(H,23,24). The van der Waals surface area contributed by atoms with E-state index in [0.717, 1.165) is 23.1 Å². The fourth-order valence-electron chi connectivity index (χ4n) is 2.66. The van der Waals surface area contributed by atoms with Gasteiger partial charge in [0.1, 0.15) is 0 Å². The van der Waals surface area contributed by atoms with Gasteiger partial charge in [-0.3, -0.25) is 0 Å². The Balaban J connectivity index is 1.82. The van der Waals surface area contributed by atoms with Crippen LogP contribution in [0.3, 0.4) is 0 Å². The third-order valence-electron chi connectivity index (χ3n) is 4.02.